The molecule has 0 aliphatic heterocycles. The monoisotopic (exact) mass is 330 g/mol. The minimum Gasteiger partial charge on any atom is -0.329 e. The van der Waals surface area contributed by atoms with Gasteiger partial charge in [0.15, 0.2) is 0 Å². The SMILES string of the molecule is CN(C1CCCC1)C(CN)c1ccc(Cl)c(Br)c1. The molecule has 0 saturated heterocycles. The van der Waals surface area contributed by atoms with Crippen LogP contribution in [0.15, 0.2) is 22.7 Å². The molecule has 1 aliphatic rings. The van der Waals surface area contributed by atoms with Crippen LogP contribution in [-0.4, -0.2) is 24.5 Å². The van der Waals surface area contributed by atoms with Crippen LogP contribution < -0.4 is 5.73 Å². The number of nitrogens with zero attached hydrogens (tertiary/aromatic N) is 1. The minimum atomic E-state index is 0.279. The Bertz CT molecular complexity index is 405. The number of likely N-dealkylation sites (N-methyl/N-ethyl adjacent to an activating group) is 1. The predicted molar refractivity (Wildman–Crippen MR) is 81.0 cm³/mol. The van der Waals surface area contributed by atoms with Gasteiger partial charge >= 0.3 is 0 Å². The summed E-state index contributed by atoms with van der Waals surface area (Å²) in [6, 6.07) is 7.06. The molecular weight excluding hydrogens is 312 g/mol. The zero-order valence-corrected chi connectivity index (χ0v) is 13.0. The van der Waals surface area contributed by atoms with E-state index >= 15 is 0 Å². The van der Waals surface area contributed by atoms with Crippen molar-refractivity contribution >= 4 is 27.5 Å². The Balaban J connectivity index is 2.18. The van der Waals surface area contributed by atoms with Crippen LogP contribution in [0.2, 0.25) is 5.02 Å². The number of rotatable bonds is 4. The van der Waals surface area contributed by atoms with Gasteiger partial charge in [0.1, 0.15) is 0 Å². The molecule has 18 heavy (non-hydrogen) atoms. The number of hydrogen-bond acceptors (Lipinski definition) is 2. The predicted octanol–water partition coefficient (Wildman–Crippen LogP) is 3.98. The molecule has 4 heteroatoms. The second-order valence-corrected chi connectivity index (χ2v) is 6.29. The van der Waals surface area contributed by atoms with Gasteiger partial charge in [-0.15, -0.1) is 0 Å². The molecule has 2 rings (SSSR count). The maximum absolute atomic E-state index is 6.04. The average Bonchev–Trinajstić information content (AvgIpc) is 2.88. The maximum atomic E-state index is 6.04. The summed E-state index contributed by atoms with van der Waals surface area (Å²) >= 11 is 9.53. The fourth-order valence-electron chi connectivity index (χ4n) is 2.82. The van der Waals surface area contributed by atoms with Crippen molar-refractivity contribution in [2.45, 2.75) is 37.8 Å². The highest BCUT2D eigenvalue weighted by atomic mass is 79.9. The standard InChI is InChI=1S/C14H20BrClN2/c1-18(11-4-2-3-5-11)14(9-17)10-6-7-13(16)12(15)8-10/h6-8,11,14H,2-5,9,17H2,1H3. The Morgan fingerprint density at radius 2 is 2.11 bits per heavy atom. The van der Waals surface area contributed by atoms with Gasteiger partial charge in [-0.25, -0.2) is 0 Å². The third-order valence-electron chi connectivity index (χ3n) is 3.94. The van der Waals surface area contributed by atoms with Crippen LogP contribution in [0.5, 0.6) is 0 Å². The van der Waals surface area contributed by atoms with E-state index in [1.54, 1.807) is 0 Å². The van der Waals surface area contributed by atoms with Crippen molar-refractivity contribution in [3.63, 3.8) is 0 Å². The zero-order valence-electron chi connectivity index (χ0n) is 10.7. The van der Waals surface area contributed by atoms with Crippen LogP contribution in [0.3, 0.4) is 0 Å². The van der Waals surface area contributed by atoms with E-state index in [0.717, 1.165) is 9.50 Å². The zero-order chi connectivity index (χ0) is 13.1. The lowest BCUT2D eigenvalue weighted by Crippen LogP contribution is -2.37. The van der Waals surface area contributed by atoms with Crippen LogP contribution in [0.1, 0.15) is 37.3 Å². The summed E-state index contributed by atoms with van der Waals surface area (Å²) in [7, 11) is 2.19. The van der Waals surface area contributed by atoms with E-state index in [1.807, 2.05) is 6.07 Å². The lowest BCUT2D eigenvalue weighted by atomic mass is 10.0. The summed E-state index contributed by atoms with van der Waals surface area (Å²) in [5.41, 5.74) is 7.21. The Kier molecular flexibility index (Phi) is 5.07. The van der Waals surface area contributed by atoms with Crippen molar-refractivity contribution in [3.05, 3.63) is 33.3 Å². The molecule has 2 nitrogen and oxygen atoms in total. The summed E-state index contributed by atoms with van der Waals surface area (Å²) < 4.78 is 0.944. The van der Waals surface area contributed by atoms with Crippen LogP contribution in [0, 0.1) is 0 Å². The van der Waals surface area contributed by atoms with Gasteiger partial charge in [0.2, 0.25) is 0 Å². The molecule has 1 saturated carbocycles. The van der Waals surface area contributed by atoms with Crippen LogP contribution in [-0.2, 0) is 0 Å². The highest BCUT2D eigenvalue weighted by Gasteiger charge is 2.26. The summed E-state index contributed by atoms with van der Waals surface area (Å²) in [6.45, 7) is 0.640. The number of hydrogen-bond donors (Lipinski definition) is 1. The largest absolute Gasteiger partial charge is 0.329 e. The van der Waals surface area contributed by atoms with E-state index in [9.17, 15) is 0 Å². The van der Waals surface area contributed by atoms with Gasteiger partial charge < -0.3 is 5.73 Å². The van der Waals surface area contributed by atoms with Gasteiger partial charge in [0.25, 0.3) is 0 Å². The van der Waals surface area contributed by atoms with E-state index in [1.165, 1.54) is 31.2 Å². The van der Waals surface area contributed by atoms with Gasteiger partial charge in [-0.3, -0.25) is 4.90 Å². The maximum Gasteiger partial charge on any atom is 0.0548 e. The summed E-state index contributed by atoms with van der Waals surface area (Å²) in [5, 5.41) is 0.748. The van der Waals surface area contributed by atoms with Gasteiger partial charge in [0.05, 0.1) is 5.02 Å². The quantitative estimate of drug-likeness (QED) is 0.904. The number of benzene rings is 1. The Morgan fingerprint density at radius 3 is 2.67 bits per heavy atom. The second kappa shape index (κ2) is 6.38. The van der Waals surface area contributed by atoms with Gasteiger partial charge in [-0.2, -0.15) is 0 Å². The lowest BCUT2D eigenvalue weighted by Gasteiger charge is -2.32. The van der Waals surface area contributed by atoms with Crippen LogP contribution in [0.4, 0.5) is 0 Å². The van der Waals surface area contributed by atoms with E-state index in [4.69, 9.17) is 17.3 Å². The molecule has 0 bridgehead atoms. The fraction of sp³-hybridized carbons (Fsp3) is 0.571. The summed E-state index contributed by atoms with van der Waals surface area (Å²) in [4.78, 5) is 2.43. The summed E-state index contributed by atoms with van der Waals surface area (Å²) in [5.74, 6) is 0. The molecule has 0 amide bonds. The number of halogens is 2. The van der Waals surface area contributed by atoms with Gasteiger partial charge in [-0.1, -0.05) is 30.5 Å². The van der Waals surface area contributed by atoms with Crippen molar-refractivity contribution < 1.29 is 0 Å². The number of nitrogens with two attached hydrogens (primary N) is 1. The molecule has 100 valence electrons. The molecule has 1 aliphatic carbocycles. The van der Waals surface area contributed by atoms with Gasteiger partial charge in [-0.05, 0) is 53.5 Å². The minimum absolute atomic E-state index is 0.279. The fourth-order valence-corrected chi connectivity index (χ4v) is 3.34. The second-order valence-electron chi connectivity index (χ2n) is 5.03. The highest BCUT2D eigenvalue weighted by molar-refractivity contribution is 9.10. The van der Waals surface area contributed by atoms with Crippen molar-refractivity contribution in [2.75, 3.05) is 13.6 Å². The molecule has 0 heterocycles. The first-order valence-corrected chi connectivity index (χ1v) is 7.67. The normalized spacial score (nSPS) is 18.5. The third-order valence-corrected chi connectivity index (χ3v) is 5.16. The van der Waals surface area contributed by atoms with E-state index in [-0.39, 0.29) is 6.04 Å². The molecule has 1 fully saturated rings. The van der Waals surface area contributed by atoms with Crippen LogP contribution in [0.25, 0.3) is 0 Å². The van der Waals surface area contributed by atoms with Crippen molar-refractivity contribution in [2.24, 2.45) is 5.73 Å². The molecule has 1 unspecified atom stereocenters. The van der Waals surface area contributed by atoms with Crippen molar-refractivity contribution in [1.82, 2.24) is 4.90 Å². The summed E-state index contributed by atoms with van der Waals surface area (Å²) in [6.07, 6.45) is 5.27. The molecule has 1 atom stereocenters. The van der Waals surface area contributed by atoms with Gasteiger partial charge in [0, 0.05) is 23.1 Å². The molecular formula is C14H20BrClN2. The molecule has 1 aromatic carbocycles. The molecule has 0 radical (unpaired) electrons. The highest BCUT2D eigenvalue weighted by Crippen LogP contribution is 2.32. The van der Waals surface area contributed by atoms with E-state index in [0.29, 0.717) is 12.6 Å². The average molecular weight is 332 g/mol. The first kappa shape index (κ1) is 14.3. The molecule has 1 aromatic rings. The topological polar surface area (TPSA) is 29.3 Å². The molecule has 0 spiro atoms. The van der Waals surface area contributed by atoms with Crippen molar-refractivity contribution in [3.8, 4) is 0 Å². The third kappa shape index (κ3) is 3.08. The Labute approximate surface area is 123 Å². The Morgan fingerprint density at radius 1 is 1.44 bits per heavy atom. The molecule has 0 aromatic heterocycles. The smallest absolute Gasteiger partial charge is 0.0548 e. The van der Waals surface area contributed by atoms with Crippen LogP contribution >= 0.6 is 27.5 Å². The van der Waals surface area contributed by atoms with E-state index in [2.05, 4.69) is 40.0 Å². The first-order valence-electron chi connectivity index (χ1n) is 6.50. The Hall–Kier alpha value is -0.0900. The van der Waals surface area contributed by atoms with Crippen molar-refractivity contribution in [1.29, 1.82) is 0 Å². The lowest BCUT2D eigenvalue weighted by molar-refractivity contribution is 0.179. The molecule has 2 N–H and O–H groups in total. The van der Waals surface area contributed by atoms with E-state index < -0.39 is 0 Å². The first-order chi connectivity index (χ1) is 8.63.